The molecule has 1 aromatic carbocycles. The second-order valence-corrected chi connectivity index (χ2v) is 8.03. The maximum absolute atomic E-state index is 13.7. The molecule has 0 bridgehead atoms. The summed E-state index contributed by atoms with van der Waals surface area (Å²) in [6.45, 7) is 1.64. The van der Waals surface area contributed by atoms with Crippen LogP contribution in [0.2, 0.25) is 0 Å². The number of nitrogens with one attached hydrogen (secondary N) is 3. The molecule has 0 fully saturated rings. The molecule has 0 aliphatic carbocycles. The molecule has 0 aromatic heterocycles. The molecule has 0 radical (unpaired) electrons. The molecule has 0 aliphatic heterocycles. The Hall–Kier alpha value is -1.19. The fraction of sp³-hybridized carbons (Fsp3) is 0.533. The fourth-order valence-corrected chi connectivity index (χ4v) is 2.83. The first kappa shape index (κ1) is 20.9. The summed E-state index contributed by atoms with van der Waals surface area (Å²) in [5.41, 5.74) is 0.690. The quantitative estimate of drug-likeness (QED) is 0.320. The average Bonchev–Trinajstić information content (AvgIpc) is 2.49. The van der Waals surface area contributed by atoms with Crippen LogP contribution in [-0.4, -0.2) is 47.3 Å². The average molecular weight is 423 g/mol. The van der Waals surface area contributed by atoms with Crippen LogP contribution in [0.25, 0.3) is 0 Å². The summed E-state index contributed by atoms with van der Waals surface area (Å²) in [6.07, 6.45) is 3.20. The van der Waals surface area contributed by atoms with E-state index in [4.69, 9.17) is 0 Å². The molecule has 0 atom stereocenters. The summed E-state index contributed by atoms with van der Waals surface area (Å²) >= 11 is 3.24. The largest absolute Gasteiger partial charge is 0.356 e. The summed E-state index contributed by atoms with van der Waals surface area (Å²) in [5, 5.41) is 6.24. The van der Waals surface area contributed by atoms with Gasteiger partial charge in [0, 0.05) is 31.2 Å². The molecule has 0 aliphatic rings. The van der Waals surface area contributed by atoms with Crippen molar-refractivity contribution in [1.29, 1.82) is 0 Å². The smallest absolute Gasteiger partial charge is 0.208 e. The lowest BCUT2D eigenvalue weighted by Crippen LogP contribution is -2.39. The van der Waals surface area contributed by atoms with E-state index < -0.39 is 10.0 Å². The van der Waals surface area contributed by atoms with Gasteiger partial charge in [0.2, 0.25) is 10.0 Å². The van der Waals surface area contributed by atoms with E-state index in [0.29, 0.717) is 44.0 Å². The van der Waals surface area contributed by atoms with Crippen LogP contribution < -0.4 is 15.4 Å². The van der Waals surface area contributed by atoms with Crippen LogP contribution in [0.3, 0.4) is 0 Å². The summed E-state index contributed by atoms with van der Waals surface area (Å²) in [7, 11) is -1.47. The number of hydrogen-bond donors (Lipinski definition) is 3. The van der Waals surface area contributed by atoms with Crippen molar-refractivity contribution < 1.29 is 12.8 Å². The molecule has 3 N–H and O–H groups in total. The molecule has 9 heteroatoms. The van der Waals surface area contributed by atoms with Crippen molar-refractivity contribution in [1.82, 2.24) is 15.4 Å². The normalized spacial score (nSPS) is 12.2. The van der Waals surface area contributed by atoms with Crippen LogP contribution in [-0.2, 0) is 16.4 Å². The Balaban J connectivity index is 2.20. The van der Waals surface area contributed by atoms with Crippen LogP contribution in [0.1, 0.15) is 18.4 Å². The minimum Gasteiger partial charge on any atom is -0.356 e. The maximum Gasteiger partial charge on any atom is 0.208 e. The highest BCUT2D eigenvalue weighted by atomic mass is 79.9. The van der Waals surface area contributed by atoms with E-state index in [0.717, 1.165) is 17.1 Å². The lowest BCUT2D eigenvalue weighted by Gasteiger charge is -2.12. The van der Waals surface area contributed by atoms with Gasteiger partial charge in [-0.25, -0.2) is 17.5 Å². The van der Waals surface area contributed by atoms with Gasteiger partial charge >= 0.3 is 0 Å². The summed E-state index contributed by atoms with van der Waals surface area (Å²) in [6, 6.07) is 5.08. The third kappa shape index (κ3) is 9.19. The number of halogens is 2. The molecule has 136 valence electrons. The summed E-state index contributed by atoms with van der Waals surface area (Å²) in [5.74, 6) is 0.441. The van der Waals surface area contributed by atoms with Crippen molar-refractivity contribution in [3.8, 4) is 0 Å². The van der Waals surface area contributed by atoms with Crippen LogP contribution in [0.4, 0.5) is 4.39 Å². The van der Waals surface area contributed by atoms with E-state index in [2.05, 4.69) is 36.3 Å². The van der Waals surface area contributed by atoms with Crippen molar-refractivity contribution in [2.24, 2.45) is 4.99 Å². The number of rotatable bonds is 9. The van der Waals surface area contributed by atoms with E-state index in [9.17, 15) is 12.8 Å². The van der Waals surface area contributed by atoms with Gasteiger partial charge in [-0.1, -0.05) is 22.0 Å². The monoisotopic (exact) mass is 422 g/mol. The fourth-order valence-electron chi connectivity index (χ4n) is 1.98. The van der Waals surface area contributed by atoms with E-state index in [1.165, 1.54) is 6.07 Å². The molecular formula is C15H24BrFN4O2S. The van der Waals surface area contributed by atoms with Gasteiger partial charge < -0.3 is 10.6 Å². The standard InChI is InChI=1S/C15H24BrFN4O2S/c1-18-15(20-9-4-10-21-24(2,22)23)19-8-3-5-12-6-7-13(16)11-14(12)17/h6-7,11,21H,3-5,8-10H2,1-2H3,(H2,18,19,20). The highest BCUT2D eigenvalue weighted by Crippen LogP contribution is 2.16. The molecule has 0 heterocycles. The second-order valence-electron chi connectivity index (χ2n) is 5.29. The van der Waals surface area contributed by atoms with Gasteiger partial charge in [0.1, 0.15) is 5.82 Å². The maximum atomic E-state index is 13.7. The second kappa shape index (κ2) is 10.6. The molecule has 1 aromatic rings. The van der Waals surface area contributed by atoms with Gasteiger partial charge in [-0.05, 0) is 37.0 Å². The highest BCUT2D eigenvalue weighted by Gasteiger charge is 2.03. The van der Waals surface area contributed by atoms with Crippen molar-refractivity contribution in [2.75, 3.05) is 32.9 Å². The molecule has 0 saturated heterocycles. The molecule has 0 amide bonds. The van der Waals surface area contributed by atoms with E-state index in [1.807, 2.05) is 6.07 Å². The van der Waals surface area contributed by atoms with Gasteiger partial charge in [-0.15, -0.1) is 0 Å². The first-order valence-corrected chi connectivity index (χ1v) is 10.3. The Morgan fingerprint density at radius 1 is 1.21 bits per heavy atom. The Kier molecular flexibility index (Phi) is 9.24. The third-order valence-corrected chi connectivity index (χ3v) is 4.39. The van der Waals surface area contributed by atoms with Crippen molar-refractivity contribution >= 4 is 31.9 Å². The number of benzene rings is 1. The predicted molar refractivity (Wildman–Crippen MR) is 99.2 cm³/mol. The van der Waals surface area contributed by atoms with Crippen LogP contribution in [0.5, 0.6) is 0 Å². The van der Waals surface area contributed by atoms with E-state index in [1.54, 1.807) is 13.1 Å². The molecule has 24 heavy (non-hydrogen) atoms. The highest BCUT2D eigenvalue weighted by molar-refractivity contribution is 9.10. The topological polar surface area (TPSA) is 82.6 Å². The third-order valence-electron chi connectivity index (χ3n) is 3.16. The Morgan fingerprint density at radius 3 is 2.46 bits per heavy atom. The summed E-state index contributed by atoms with van der Waals surface area (Å²) < 4.78 is 38.7. The summed E-state index contributed by atoms with van der Waals surface area (Å²) in [4.78, 5) is 4.08. The number of nitrogens with zero attached hydrogens (tertiary/aromatic N) is 1. The Labute approximate surface area is 151 Å². The van der Waals surface area contributed by atoms with Crippen molar-refractivity contribution in [3.05, 3.63) is 34.1 Å². The number of aryl methyl sites for hydroxylation is 1. The van der Waals surface area contributed by atoms with E-state index >= 15 is 0 Å². The molecule has 6 nitrogen and oxygen atoms in total. The number of sulfonamides is 1. The minimum atomic E-state index is -3.14. The SMILES string of the molecule is CN=C(NCCCNS(C)(=O)=O)NCCCc1ccc(Br)cc1F. The zero-order valence-corrected chi connectivity index (χ0v) is 16.3. The van der Waals surface area contributed by atoms with Gasteiger partial charge in [-0.2, -0.15) is 0 Å². The predicted octanol–water partition coefficient (Wildman–Crippen LogP) is 1.63. The number of aliphatic imine (C=N–C) groups is 1. The zero-order chi connectivity index (χ0) is 18.0. The molecule has 0 saturated carbocycles. The number of hydrogen-bond acceptors (Lipinski definition) is 3. The van der Waals surface area contributed by atoms with Crippen molar-refractivity contribution in [3.63, 3.8) is 0 Å². The molecule has 1 rings (SSSR count). The Morgan fingerprint density at radius 2 is 1.88 bits per heavy atom. The van der Waals surface area contributed by atoms with Gasteiger partial charge in [0.25, 0.3) is 0 Å². The van der Waals surface area contributed by atoms with Crippen LogP contribution in [0, 0.1) is 5.82 Å². The van der Waals surface area contributed by atoms with Gasteiger partial charge in [0.05, 0.1) is 6.26 Å². The molecular weight excluding hydrogens is 399 g/mol. The van der Waals surface area contributed by atoms with Gasteiger partial charge in [-0.3, -0.25) is 4.99 Å². The minimum absolute atomic E-state index is 0.203. The van der Waals surface area contributed by atoms with Crippen molar-refractivity contribution in [2.45, 2.75) is 19.3 Å². The van der Waals surface area contributed by atoms with Gasteiger partial charge in [0.15, 0.2) is 5.96 Å². The Bertz CT molecular complexity index is 653. The zero-order valence-electron chi connectivity index (χ0n) is 13.9. The lowest BCUT2D eigenvalue weighted by atomic mass is 10.1. The van der Waals surface area contributed by atoms with Crippen LogP contribution >= 0.6 is 15.9 Å². The molecule has 0 unspecified atom stereocenters. The number of guanidine groups is 1. The molecule has 0 spiro atoms. The first-order chi connectivity index (χ1) is 11.3. The lowest BCUT2D eigenvalue weighted by molar-refractivity contribution is 0.584. The van der Waals surface area contributed by atoms with Crippen LogP contribution in [0.15, 0.2) is 27.7 Å². The first-order valence-electron chi connectivity index (χ1n) is 7.65. The van der Waals surface area contributed by atoms with E-state index in [-0.39, 0.29) is 5.82 Å².